The van der Waals surface area contributed by atoms with Crippen LogP contribution in [0.3, 0.4) is 0 Å². The second-order valence-electron chi connectivity index (χ2n) is 5.00. The summed E-state index contributed by atoms with van der Waals surface area (Å²) in [4.78, 5) is 0. The first-order chi connectivity index (χ1) is 9.79. The van der Waals surface area contributed by atoms with Crippen LogP contribution in [0.2, 0.25) is 0 Å². The van der Waals surface area contributed by atoms with E-state index in [0.717, 1.165) is 36.3 Å². The highest BCUT2D eigenvalue weighted by atomic mass is 16.5. The molecule has 1 unspecified atom stereocenters. The van der Waals surface area contributed by atoms with E-state index >= 15 is 0 Å². The Morgan fingerprint density at radius 2 is 1.70 bits per heavy atom. The standard InChI is InChI=1S/C18H22O2/c1-2-3-5-13-18(19)15-9-8-12-17(14-15)20-16-10-6-4-7-11-16/h4,6-12,14,18-19H,2-3,5,13H2,1H3. The van der Waals surface area contributed by atoms with Crippen LogP contribution < -0.4 is 4.74 Å². The van der Waals surface area contributed by atoms with Crippen LogP contribution in [-0.2, 0) is 0 Å². The van der Waals surface area contributed by atoms with Crippen LogP contribution in [0.15, 0.2) is 54.6 Å². The Balaban J connectivity index is 2.00. The molecule has 0 heterocycles. The molecule has 0 radical (unpaired) electrons. The van der Waals surface area contributed by atoms with Crippen LogP contribution in [0.5, 0.6) is 11.5 Å². The SMILES string of the molecule is CCCCCC(O)c1cccc(Oc2ccccc2)c1. The minimum atomic E-state index is -0.402. The number of ether oxygens (including phenoxy) is 1. The molecule has 0 bridgehead atoms. The highest BCUT2D eigenvalue weighted by Crippen LogP contribution is 2.26. The van der Waals surface area contributed by atoms with Crippen LogP contribution in [0.25, 0.3) is 0 Å². The third-order valence-electron chi connectivity index (χ3n) is 3.30. The molecule has 0 fully saturated rings. The first-order valence-electron chi connectivity index (χ1n) is 7.30. The fraction of sp³-hybridized carbons (Fsp3) is 0.333. The van der Waals surface area contributed by atoms with Gasteiger partial charge in [-0.25, -0.2) is 0 Å². The molecule has 0 aliphatic carbocycles. The zero-order valence-electron chi connectivity index (χ0n) is 12.0. The largest absolute Gasteiger partial charge is 0.457 e. The Kier molecular flexibility index (Phi) is 5.63. The average Bonchev–Trinajstić information content (AvgIpc) is 2.49. The van der Waals surface area contributed by atoms with Crippen molar-refractivity contribution in [3.05, 3.63) is 60.2 Å². The minimum Gasteiger partial charge on any atom is -0.457 e. The Labute approximate surface area is 121 Å². The summed E-state index contributed by atoms with van der Waals surface area (Å²) >= 11 is 0. The van der Waals surface area contributed by atoms with Gasteiger partial charge in [0.05, 0.1) is 6.10 Å². The van der Waals surface area contributed by atoms with Crippen LogP contribution in [-0.4, -0.2) is 5.11 Å². The van der Waals surface area contributed by atoms with Gasteiger partial charge in [0.15, 0.2) is 0 Å². The van der Waals surface area contributed by atoms with Crippen molar-refractivity contribution in [2.75, 3.05) is 0 Å². The van der Waals surface area contributed by atoms with Crippen molar-refractivity contribution in [1.29, 1.82) is 0 Å². The number of rotatable bonds is 7. The summed E-state index contributed by atoms with van der Waals surface area (Å²) in [5.41, 5.74) is 0.925. The van der Waals surface area contributed by atoms with Gasteiger partial charge in [0, 0.05) is 0 Å². The lowest BCUT2D eigenvalue weighted by molar-refractivity contribution is 0.163. The Bertz CT molecular complexity index is 508. The maximum atomic E-state index is 10.2. The topological polar surface area (TPSA) is 29.5 Å². The van der Waals surface area contributed by atoms with Gasteiger partial charge in [0.1, 0.15) is 11.5 Å². The number of aliphatic hydroxyl groups is 1. The molecule has 2 aromatic rings. The number of aliphatic hydroxyl groups excluding tert-OH is 1. The van der Waals surface area contributed by atoms with E-state index in [9.17, 15) is 5.11 Å². The predicted molar refractivity (Wildman–Crippen MR) is 82.1 cm³/mol. The molecule has 0 spiro atoms. The number of hydrogen-bond acceptors (Lipinski definition) is 2. The monoisotopic (exact) mass is 270 g/mol. The van der Waals surface area contributed by atoms with Crippen molar-refractivity contribution in [1.82, 2.24) is 0 Å². The lowest BCUT2D eigenvalue weighted by Gasteiger charge is -2.12. The van der Waals surface area contributed by atoms with E-state index in [2.05, 4.69) is 6.92 Å². The smallest absolute Gasteiger partial charge is 0.127 e. The zero-order valence-corrected chi connectivity index (χ0v) is 12.0. The summed E-state index contributed by atoms with van der Waals surface area (Å²) in [5, 5.41) is 10.2. The number of para-hydroxylation sites is 1. The maximum absolute atomic E-state index is 10.2. The van der Waals surface area contributed by atoms with Crippen molar-refractivity contribution in [2.24, 2.45) is 0 Å². The summed E-state index contributed by atoms with van der Waals surface area (Å²) in [6.07, 6.45) is 3.80. The molecule has 0 aromatic heterocycles. The molecule has 0 saturated carbocycles. The summed E-state index contributed by atoms with van der Waals surface area (Å²) < 4.78 is 5.78. The van der Waals surface area contributed by atoms with E-state index in [0.29, 0.717) is 0 Å². The van der Waals surface area contributed by atoms with Gasteiger partial charge in [-0.3, -0.25) is 0 Å². The quantitative estimate of drug-likeness (QED) is 0.710. The molecule has 2 aromatic carbocycles. The molecule has 106 valence electrons. The molecule has 2 heteroatoms. The number of unbranched alkanes of at least 4 members (excludes halogenated alkanes) is 2. The van der Waals surface area contributed by atoms with Crippen LogP contribution >= 0.6 is 0 Å². The summed E-state index contributed by atoms with van der Waals surface area (Å²) in [6, 6.07) is 17.4. The fourth-order valence-corrected chi connectivity index (χ4v) is 2.16. The van der Waals surface area contributed by atoms with Gasteiger partial charge < -0.3 is 9.84 Å². The van der Waals surface area contributed by atoms with Crippen LogP contribution in [0.4, 0.5) is 0 Å². The van der Waals surface area contributed by atoms with Gasteiger partial charge in [0.25, 0.3) is 0 Å². The molecular weight excluding hydrogens is 248 g/mol. The maximum Gasteiger partial charge on any atom is 0.127 e. The highest BCUT2D eigenvalue weighted by molar-refractivity contribution is 5.34. The second kappa shape index (κ2) is 7.71. The van der Waals surface area contributed by atoms with E-state index in [1.807, 2.05) is 54.6 Å². The molecule has 2 rings (SSSR count). The van der Waals surface area contributed by atoms with E-state index in [1.54, 1.807) is 0 Å². The Morgan fingerprint density at radius 1 is 0.950 bits per heavy atom. The normalized spacial score (nSPS) is 12.1. The summed E-state index contributed by atoms with van der Waals surface area (Å²) in [7, 11) is 0. The first kappa shape index (κ1) is 14.6. The summed E-state index contributed by atoms with van der Waals surface area (Å²) in [5.74, 6) is 1.58. The van der Waals surface area contributed by atoms with Crippen molar-refractivity contribution >= 4 is 0 Å². The second-order valence-corrected chi connectivity index (χ2v) is 5.00. The zero-order chi connectivity index (χ0) is 14.2. The van der Waals surface area contributed by atoms with E-state index in [1.165, 1.54) is 6.42 Å². The van der Waals surface area contributed by atoms with Gasteiger partial charge in [-0.2, -0.15) is 0 Å². The Hall–Kier alpha value is -1.80. The molecular formula is C18H22O2. The first-order valence-corrected chi connectivity index (χ1v) is 7.30. The van der Waals surface area contributed by atoms with E-state index < -0.39 is 6.10 Å². The Morgan fingerprint density at radius 3 is 2.45 bits per heavy atom. The van der Waals surface area contributed by atoms with Crippen molar-refractivity contribution in [3.8, 4) is 11.5 Å². The van der Waals surface area contributed by atoms with Gasteiger partial charge in [-0.1, -0.05) is 56.5 Å². The summed E-state index contributed by atoms with van der Waals surface area (Å²) in [6.45, 7) is 2.17. The predicted octanol–water partition coefficient (Wildman–Crippen LogP) is 5.09. The van der Waals surface area contributed by atoms with E-state index in [4.69, 9.17) is 4.74 Å². The molecule has 0 amide bonds. The van der Waals surface area contributed by atoms with Crippen molar-refractivity contribution in [3.63, 3.8) is 0 Å². The third-order valence-corrected chi connectivity index (χ3v) is 3.30. The lowest BCUT2D eigenvalue weighted by Crippen LogP contribution is -1.97. The van der Waals surface area contributed by atoms with Gasteiger partial charge in [-0.05, 0) is 36.2 Å². The van der Waals surface area contributed by atoms with E-state index in [-0.39, 0.29) is 0 Å². The molecule has 1 atom stereocenters. The molecule has 1 N–H and O–H groups in total. The molecule has 0 aliphatic rings. The lowest BCUT2D eigenvalue weighted by atomic mass is 10.0. The molecule has 0 saturated heterocycles. The van der Waals surface area contributed by atoms with Gasteiger partial charge in [0.2, 0.25) is 0 Å². The fourth-order valence-electron chi connectivity index (χ4n) is 2.16. The third kappa shape index (κ3) is 4.39. The van der Waals surface area contributed by atoms with Crippen LogP contribution in [0, 0.1) is 0 Å². The molecule has 0 aliphatic heterocycles. The number of benzene rings is 2. The molecule has 2 nitrogen and oxygen atoms in total. The minimum absolute atomic E-state index is 0.402. The van der Waals surface area contributed by atoms with Crippen molar-refractivity contribution in [2.45, 2.75) is 38.7 Å². The molecule has 20 heavy (non-hydrogen) atoms. The number of hydrogen-bond donors (Lipinski definition) is 1. The van der Waals surface area contributed by atoms with Crippen molar-refractivity contribution < 1.29 is 9.84 Å². The van der Waals surface area contributed by atoms with Gasteiger partial charge in [-0.15, -0.1) is 0 Å². The van der Waals surface area contributed by atoms with Gasteiger partial charge >= 0.3 is 0 Å². The van der Waals surface area contributed by atoms with Crippen LogP contribution in [0.1, 0.15) is 44.3 Å². The average molecular weight is 270 g/mol. The highest BCUT2D eigenvalue weighted by Gasteiger charge is 2.08.